The summed E-state index contributed by atoms with van der Waals surface area (Å²) < 4.78 is 1.11. The fourth-order valence-corrected chi connectivity index (χ4v) is 5.87. The van der Waals surface area contributed by atoms with E-state index in [1.807, 2.05) is 18.2 Å². The lowest BCUT2D eigenvalue weighted by molar-refractivity contribution is -0.137. The first kappa shape index (κ1) is 18.6. The molecule has 3 aromatic carbocycles. The van der Waals surface area contributed by atoms with Gasteiger partial charge in [-0.1, -0.05) is 85.8 Å². The van der Waals surface area contributed by atoms with Crippen LogP contribution in [0.4, 0.5) is 0 Å². The van der Waals surface area contributed by atoms with Crippen molar-refractivity contribution in [2.45, 2.75) is 32.4 Å². The first-order valence-electron chi connectivity index (χ1n) is 10.3. The quantitative estimate of drug-likeness (QED) is 0.412. The topological polar surface area (TPSA) is 20.3 Å². The Morgan fingerprint density at radius 2 is 1.79 bits per heavy atom. The number of hydrogen-bond donors (Lipinski definition) is 0. The molecule has 0 bridgehead atoms. The molecule has 2 unspecified atom stereocenters. The van der Waals surface area contributed by atoms with Crippen LogP contribution >= 0.6 is 15.9 Å². The van der Waals surface area contributed by atoms with Gasteiger partial charge in [-0.15, -0.1) is 0 Å². The van der Waals surface area contributed by atoms with Crippen LogP contribution in [-0.4, -0.2) is 10.8 Å². The molecule has 146 valence electrons. The number of fused-ring (bicyclic) bond motifs is 2. The van der Waals surface area contributed by atoms with Crippen LogP contribution in [0.5, 0.6) is 0 Å². The summed E-state index contributed by atoms with van der Waals surface area (Å²) >= 11 is 3.90. The average molecular weight is 446 g/mol. The van der Waals surface area contributed by atoms with Gasteiger partial charge in [-0.25, -0.2) is 0 Å². The van der Waals surface area contributed by atoms with Crippen LogP contribution in [0.3, 0.4) is 0 Å². The minimum Gasteiger partial charge on any atom is -0.330 e. The Morgan fingerprint density at radius 1 is 1.03 bits per heavy atom. The van der Waals surface area contributed by atoms with Gasteiger partial charge >= 0.3 is 0 Å². The molecule has 0 radical (unpaired) electrons. The van der Waals surface area contributed by atoms with Gasteiger partial charge in [-0.3, -0.25) is 4.79 Å². The van der Waals surface area contributed by atoms with Crippen molar-refractivity contribution in [3.8, 4) is 0 Å². The third kappa shape index (κ3) is 2.95. The number of carbonyl (C=O) groups excluding carboxylic acids is 1. The Morgan fingerprint density at radius 3 is 2.62 bits per heavy atom. The highest BCUT2D eigenvalue weighted by Gasteiger charge is 2.56. The van der Waals surface area contributed by atoms with E-state index in [1.54, 1.807) is 0 Å². The molecular formula is C26H24BrNO. The molecule has 3 heteroatoms. The van der Waals surface area contributed by atoms with Crippen LogP contribution in [0.15, 0.2) is 83.4 Å². The fraction of sp³-hybridized carbons (Fsp3) is 0.269. The van der Waals surface area contributed by atoms with Gasteiger partial charge in [0.1, 0.15) is 0 Å². The fourth-order valence-electron chi connectivity index (χ4n) is 5.15. The summed E-state index contributed by atoms with van der Waals surface area (Å²) in [6.07, 6.45) is 6.44. The lowest BCUT2D eigenvalue weighted by Gasteiger charge is -2.32. The first-order valence-corrected chi connectivity index (χ1v) is 11.1. The SMILES string of the molecule is C[C@@]12CCC=CC1C(c1ccc3ccccc3c1Br)N(Cc1ccccc1)C2=O. The molecule has 0 spiro atoms. The van der Waals surface area contributed by atoms with Crippen LogP contribution in [0, 0.1) is 11.3 Å². The van der Waals surface area contributed by atoms with Crippen molar-refractivity contribution < 1.29 is 4.79 Å². The molecule has 5 rings (SSSR count). The van der Waals surface area contributed by atoms with Crippen molar-refractivity contribution in [2.24, 2.45) is 11.3 Å². The minimum absolute atomic E-state index is 0.0308. The molecule has 1 saturated heterocycles. The largest absolute Gasteiger partial charge is 0.330 e. The van der Waals surface area contributed by atoms with Gasteiger partial charge in [0.15, 0.2) is 0 Å². The highest BCUT2D eigenvalue weighted by Crippen LogP contribution is 2.55. The maximum atomic E-state index is 13.7. The van der Waals surface area contributed by atoms with Crippen LogP contribution < -0.4 is 0 Å². The molecule has 0 N–H and O–H groups in total. The zero-order valence-electron chi connectivity index (χ0n) is 16.5. The Hall–Kier alpha value is -2.39. The van der Waals surface area contributed by atoms with E-state index in [0.717, 1.165) is 17.3 Å². The normalized spacial score (nSPS) is 26.1. The molecule has 2 nitrogen and oxygen atoms in total. The number of amides is 1. The maximum Gasteiger partial charge on any atom is 0.230 e. The smallest absolute Gasteiger partial charge is 0.230 e. The number of hydrogen-bond acceptors (Lipinski definition) is 1. The second kappa shape index (κ2) is 7.14. The number of benzene rings is 3. The Balaban J connectivity index is 1.66. The minimum atomic E-state index is -0.334. The average Bonchev–Trinajstić information content (AvgIpc) is 2.97. The summed E-state index contributed by atoms with van der Waals surface area (Å²) in [5, 5.41) is 2.41. The van der Waals surface area contributed by atoms with Gasteiger partial charge in [0, 0.05) is 16.9 Å². The van der Waals surface area contributed by atoms with Gasteiger partial charge in [0.05, 0.1) is 11.5 Å². The van der Waals surface area contributed by atoms with Crippen molar-refractivity contribution in [3.05, 3.63) is 94.5 Å². The van der Waals surface area contributed by atoms with E-state index in [1.165, 1.54) is 21.9 Å². The molecule has 0 saturated carbocycles. The molecule has 0 aromatic heterocycles. The zero-order chi connectivity index (χ0) is 20.0. The van der Waals surface area contributed by atoms with Gasteiger partial charge < -0.3 is 4.90 Å². The number of nitrogens with zero attached hydrogens (tertiary/aromatic N) is 1. The lowest BCUT2D eigenvalue weighted by atomic mass is 9.69. The molecule has 1 fully saturated rings. The van der Waals surface area contributed by atoms with Crippen molar-refractivity contribution in [1.82, 2.24) is 4.90 Å². The summed E-state index contributed by atoms with van der Waals surface area (Å²) in [5.74, 6) is 0.464. The number of allylic oxidation sites excluding steroid dienone is 1. The highest BCUT2D eigenvalue weighted by molar-refractivity contribution is 9.10. The number of rotatable bonds is 3. The van der Waals surface area contributed by atoms with E-state index in [2.05, 4.69) is 88.4 Å². The summed E-state index contributed by atoms with van der Waals surface area (Å²) in [4.78, 5) is 15.8. The van der Waals surface area contributed by atoms with Crippen molar-refractivity contribution >= 4 is 32.6 Å². The van der Waals surface area contributed by atoms with Crippen LogP contribution in [0.2, 0.25) is 0 Å². The van der Waals surface area contributed by atoms with Gasteiger partial charge in [-0.2, -0.15) is 0 Å². The van der Waals surface area contributed by atoms with Crippen molar-refractivity contribution in [3.63, 3.8) is 0 Å². The van der Waals surface area contributed by atoms with E-state index >= 15 is 0 Å². The Labute approximate surface area is 180 Å². The molecule has 2 aliphatic rings. The van der Waals surface area contributed by atoms with Crippen molar-refractivity contribution in [1.29, 1.82) is 0 Å². The maximum absolute atomic E-state index is 13.7. The summed E-state index contributed by atoms with van der Waals surface area (Å²) in [6, 6.07) is 23.2. The number of carbonyl (C=O) groups is 1. The van der Waals surface area contributed by atoms with Crippen LogP contribution in [0.1, 0.15) is 36.9 Å². The Kier molecular flexibility index (Phi) is 4.59. The van der Waals surface area contributed by atoms with E-state index in [4.69, 9.17) is 0 Å². The van der Waals surface area contributed by atoms with E-state index in [9.17, 15) is 4.79 Å². The molecule has 1 aliphatic heterocycles. The van der Waals surface area contributed by atoms with Gasteiger partial charge in [0.2, 0.25) is 5.91 Å². The van der Waals surface area contributed by atoms with Gasteiger partial charge in [-0.05, 0) is 50.7 Å². The Bertz CT molecular complexity index is 1110. The van der Waals surface area contributed by atoms with Crippen LogP contribution in [-0.2, 0) is 11.3 Å². The molecule has 3 aromatic rings. The summed E-state index contributed by atoms with van der Waals surface area (Å²) in [6.45, 7) is 2.81. The molecule has 3 atom stereocenters. The van der Waals surface area contributed by atoms with E-state index in [-0.39, 0.29) is 23.3 Å². The third-order valence-electron chi connectivity index (χ3n) is 6.74. The molecule has 1 amide bonds. The van der Waals surface area contributed by atoms with Crippen LogP contribution in [0.25, 0.3) is 10.8 Å². The molecule has 29 heavy (non-hydrogen) atoms. The monoisotopic (exact) mass is 445 g/mol. The first-order chi connectivity index (χ1) is 14.1. The summed E-state index contributed by atoms with van der Waals surface area (Å²) in [7, 11) is 0. The van der Waals surface area contributed by atoms with Crippen molar-refractivity contribution in [2.75, 3.05) is 0 Å². The molecule has 1 aliphatic carbocycles. The molecular weight excluding hydrogens is 422 g/mol. The molecule has 1 heterocycles. The summed E-state index contributed by atoms with van der Waals surface area (Å²) in [5.41, 5.74) is 2.04. The number of likely N-dealkylation sites (tertiary alicyclic amines) is 1. The predicted octanol–water partition coefficient (Wildman–Crippen LogP) is 6.66. The predicted molar refractivity (Wildman–Crippen MR) is 121 cm³/mol. The zero-order valence-corrected chi connectivity index (χ0v) is 18.1. The number of halogens is 1. The highest BCUT2D eigenvalue weighted by atomic mass is 79.9. The van der Waals surface area contributed by atoms with E-state index in [0.29, 0.717) is 6.54 Å². The second-order valence-electron chi connectivity index (χ2n) is 8.46. The third-order valence-corrected chi connectivity index (χ3v) is 7.63. The van der Waals surface area contributed by atoms with Gasteiger partial charge in [0.25, 0.3) is 0 Å². The lowest BCUT2D eigenvalue weighted by Crippen LogP contribution is -2.34. The second-order valence-corrected chi connectivity index (χ2v) is 9.26. The standard InChI is InChI=1S/C26H24BrNO/c1-26-16-8-7-13-22(26)24(28(25(26)29)17-18-9-3-2-4-10-18)21-15-14-19-11-5-6-12-20(19)23(21)27/h2-7,9-15,22,24H,8,16-17H2,1H3/t22?,24?,26-/m1/s1. The van der Waals surface area contributed by atoms with E-state index < -0.39 is 0 Å².